The minimum atomic E-state index is -1.16. The van der Waals surface area contributed by atoms with Crippen LogP contribution in [0.3, 0.4) is 0 Å². The van der Waals surface area contributed by atoms with E-state index in [1.807, 2.05) is 55.5 Å². The van der Waals surface area contributed by atoms with Crippen molar-refractivity contribution >= 4 is 41.0 Å². The lowest BCUT2D eigenvalue weighted by atomic mass is 9.55. The number of rotatable bonds is 5. The first-order chi connectivity index (χ1) is 18.3. The van der Waals surface area contributed by atoms with Gasteiger partial charge in [0.2, 0.25) is 11.8 Å². The molecule has 7 rings (SSSR count). The summed E-state index contributed by atoms with van der Waals surface area (Å²) in [5, 5.41) is 3.12. The lowest BCUT2D eigenvalue weighted by Crippen LogP contribution is -2.45. The van der Waals surface area contributed by atoms with Crippen LogP contribution in [-0.2, 0) is 23.9 Å². The van der Waals surface area contributed by atoms with Crippen molar-refractivity contribution in [3.63, 3.8) is 0 Å². The maximum absolute atomic E-state index is 13.7. The summed E-state index contributed by atoms with van der Waals surface area (Å²) in [4.78, 5) is 53.8. The summed E-state index contributed by atoms with van der Waals surface area (Å²) in [6, 6.07) is 19.8. The summed E-state index contributed by atoms with van der Waals surface area (Å²) in [5.74, 6) is -3.79. The summed E-state index contributed by atoms with van der Waals surface area (Å²) in [5.41, 5.74) is 5.57. The fraction of sp³-hybridized carbons (Fsp3) is 0.267. The highest BCUT2D eigenvalue weighted by atomic mass is 35.5. The van der Waals surface area contributed by atoms with E-state index in [-0.39, 0.29) is 23.7 Å². The minimum absolute atomic E-state index is 0.255. The minimum Gasteiger partial charge on any atom is -0.454 e. The predicted molar refractivity (Wildman–Crippen MR) is 141 cm³/mol. The number of hydrogen-bond donors (Lipinski definition) is 1. The Morgan fingerprint density at radius 1 is 0.895 bits per heavy atom. The number of carbonyl (C=O) groups is 4. The van der Waals surface area contributed by atoms with Crippen LogP contribution < -0.4 is 5.32 Å². The molecule has 3 atom stereocenters. The molecule has 2 bridgehead atoms. The smallest absolute Gasteiger partial charge is 0.329 e. The van der Waals surface area contributed by atoms with Crippen LogP contribution >= 0.6 is 11.6 Å². The van der Waals surface area contributed by atoms with Gasteiger partial charge in [-0.2, -0.15) is 0 Å². The van der Waals surface area contributed by atoms with E-state index < -0.39 is 36.4 Å². The highest BCUT2D eigenvalue weighted by molar-refractivity contribution is 6.31. The van der Waals surface area contributed by atoms with Crippen LogP contribution in [0.1, 0.15) is 46.6 Å². The molecule has 38 heavy (non-hydrogen) atoms. The number of halogens is 1. The zero-order valence-corrected chi connectivity index (χ0v) is 21.6. The second-order valence-electron chi connectivity index (χ2n) is 10.1. The molecule has 192 valence electrons. The molecular weight excluding hydrogens is 504 g/mol. The Balaban J connectivity index is 1.20. The topological polar surface area (TPSA) is 92.8 Å². The third-order valence-corrected chi connectivity index (χ3v) is 8.42. The summed E-state index contributed by atoms with van der Waals surface area (Å²) < 4.78 is 5.22. The van der Waals surface area contributed by atoms with E-state index in [1.165, 1.54) is 6.92 Å². The number of anilines is 1. The normalized spacial score (nSPS) is 23.4. The Labute approximate surface area is 224 Å². The summed E-state index contributed by atoms with van der Waals surface area (Å²) in [6.45, 7) is 2.76. The van der Waals surface area contributed by atoms with Crippen LogP contribution in [-0.4, -0.2) is 41.2 Å². The van der Waals surface area contributed by atoms with Gasteiger partial charge in [-0.3, -0.25) is 19.3 Å². The van der Waals surface area contributed by atoms with Gasteiger partial charge < -0.3 is 10.1 Å². The molecule has 4 aliphatic rings. The summed E-state index contributed by atoms with van der Waals surface area (Å²) >= 11 is 6.10. The number of benzene rings is 3. The van der Waals surface area contributed by atoms with Gasteiger partial charge in [-0.1, -0.05) is 66.2 Å². The number of hydrogen-bond acceptors (Lipinski definition) is 5. The lowest BCUT2D eigenvalue weighted by Gasteiger charge is -2.45. The average Bonchev–Trinajstić information content (AvgIpc) is 3.19. The molecule has 1 heterocycles. The van der Waals surface area contributed by atoms with Crippen LogP contribution in [0.4, 0.5) is 5.69 Å². The van der Waals surface area contributed by atoms with Gasteiger partial charge >= 0.3 is 5.97 Å². The van der Waals surface area contributed by atoms with E-state index in [2.05, 4.69) is 5.32 Å². The third-order valence-electron chi connectivity index (χ3n) is 8.01. The van der Waals surface area contributed by atoms with E-state index in [0.717, 1.165) is 32.7 Å². The van der Waals surface area contributed by atoms with Crippen molar-refractivity contribution in [1.29, 1.82) is 0 Å². The zero-order chi connectivity index (χ0) is 26.7. The number of carbonyl (C=O) groups excluding carboxylic acids is 4. The number of amides is 3. The number of imide groups is 1. The van der Waals surface area contributed by atoms with Crippen molar-refractivity contribution in [2.45, 2.75) is 31.7 Å². The molecule has 3 aromatic rings. The fourth-order valence-corrected chi connectivity index (χ4v) is 6.49. The fourth-order valence-electron chi connectivity index (χ4n) is 6.31. The Morgan fingerprint density at radius 2 is 1.39 bits per heavy atom. The van der Waals surface area contributed by atoms with Crippen molar-refractivity contribution in [1.82, 2.24) is 4.90 Å². The van der Waals surface area contributed by atoms with Crippen LogP contribution in [0, 0.1) is 18.8 Å². The molecule has 1 fully saturated rings. The van der Waals surface area contributed by atoms with Gasteiger partial charge in [0.05, 0.1) is 11.8 Å². The Hall–Kier alpha value is -3.97. The molecule has 0 saturated carbocycles. The predicted octanol–water partition coefficient (Wildman–Crippen LogP) is 4.41. The molecule has 1 saturated heterocycles. The first-order valence-electron chi connectivity index (χ1n) is 12.5. The second kappa shape index (κ2) is 9.10. The SMILES string of the molecule is Cc1ccc(NC(=O)COC(=O)[C@@H](C)N2C(=O)[C@@H]3C4c5ccccc5C(c5ccccc54)[C@@H]3C2=O)cc1Cl. The molecule has 7 nitrogen and oxygen atoms in total. The van der Waals surface area contributed by atoms with Crippen LogP contribution in [0.25, 0.3) is 0 Å². The number of ether oxygens (including phenoxy) is 1. The van der Waals surface area contributed by atoms with Gasteiger partial charge in [-0.15, -0.1) is 0 Å². The highest BCUT2D eigenvalue weighted by Crippen LogP contribution is 2.61. The summed E-state index contributed by atoms with van der Waals surface area (Å²) in [7, 11) is 0. The van der Waals surface area contributed by atoms with Crippen molar-refractivity contribution in [2.75, 3.05) is 11.9 Å². The molecule has 0 unspecified atom stereocenters. The van der Waals surface area contributed by atoms with E-state index in [1.54, 1.807) is 18.2 Å². The molecule has 0 spiro atoms. The molecule has 1 aliphatic heterocycles. The highest BCUT2D eigenvalue weighted by Gasteiger charge is 2.62. The molecule has 0 radical (unpaired) electrons. The van der Waals surface area contributed by atoms with Crippen molar-refractivity contribution in [3.05, 3.63) is 99.6 Å². The van der Waals surface area contributed by atoms with E-state index in [0.29, 0.717) is 10.7 Å². The maximum atomic E-state index is 13.7. The molecule has 0 aromatic heterocycles. The van der Waals surface area contributed by atoms with Crippen LogP contribution in [0.5, 0.6) is 0 Å². The van der Waals surface area contributed by atoms with Gasteiger partial charge in [-0.05, 0) is 53.8 Å². The number of likely N-dealkylation sites (tertiary alicyclic amines) is 1. The Bertz CT molecular complexity index is 1400. The Kier molecular flexibility index (Phi) is 5.83. The summed E-state index contributed by atoms with van der Waals surface area (Å²) in [6.07, 6.45) is 0. The molecule has 1 N–H and O–H groups in total. The largest absolute Gasteiger partial charge is 0.454 e. The van der Waals surface area contributed by atoms with Crippen molar-refractivity contribution in [3.8, 4) is 0 Å². The molecule has 3 aromatic carbocycles. The first kappa shape index (κ1) is 24.4. The zero-order valence-electron chi connectivity index (χ0n) is 20.8. The molecule has 3 aliphatic carbocycles. The molecule has 8 heteroatoms. The number of aryl methyl sites for hydroxylation is 1. The monoisotopic (exact) mass is 528 g/mol. The van der Waals surface area contributed by atoms with Gasteiger partial charge in [0.1, 0.15) is 6.04 Å². The van der Waals surface area contributed by atoms with Crippen LogP contribution in [0.2, 0.25) is 5.02 Å². The maximum Gasteiger partial charge on any atom is 0.329 e. The molecule has 3 amide bonds. The van der Waals surface area contributed by atoms with E-state index >= 15 is 0 Å². The van der Waals surface area contributed by atoms with Gasteiger partial charge in [0.25, 0.3) is 5.91 Å². The first-order valence-corrected chi connectivity index (χ1v) is 12.9. The van der Waals surface area contributed by atoms with Gasteiger partial charge in [0.15, 0.2) is 6.61 Å². The van der Waals surface area contributed by atoms with E-state index in [9.17, 15) is 19.2 Å². The standard InChI is InChI=1S/C30H25ClN2O5/c1-15-11-12-17(13-22(15)31)32-23(34)14-38-30(37)16(2)33-28(35)26-24-18-7-3-4-8-19(18)25(27(26)29(33)36)21-10-6-5-9-20(21)24/h3-13,16,24-27H,14H2,1-2H3,(H,32,34)/t16-,24?,25?,26-,27+/m1/s1. The lowest BCUT2D eigenvalue weighted by molar-refractivity contribution is -0.159. The third kappa shape index (κ3) is 3.64. The molecular formula is C30H25ClN2O5. The number of esters is 1. The quantitative estimate of drug-likeness (QED) is 0.391. The average molecular weight is 529 g/mol. The number of nitrogens with one attached hydrogen (secondary N) is 1. The number of nitrogens with zero attached hydrogens (tertiary/aromatic N) is 1. The van der Waals surface area contributed by atoms with Gasteiger partial charge in [0, 0.05) is 22.5 Å². The Morgan fingerprint density at radius 3 is 1.87 bits per heavy atom. The van der Waals surface area contributed by atoms with E-state index in [4.69, 9.17) is 16.3 Å². The van der Waals surface area contributed by atoms with Crippen molar-refractivity contribution < 1.29 is 23.9 Å². The van der Waals surface area contributed by atoms with Crippen molar-refractivity contribution in [2.24, 2.45) is 11.8 Å². The van der Waals surface area contributed by atoms with Gasteiger partial charge in [-0.25, -0.2) is 4.79 Å². The second-order valence-corrected chi connectivity index (χ2v) is 10.5. The van der Waals surface area contributed by atoms with Crippen LogP contribution in [0.15, 0.2) is 66.7 Å².